The van der Waals surface area contributed by atoms with Gasteiger partial charge in [-0.25, -0.2) is 4.98 Å². The van der Waals surface area contributed by atoms with Crippen molar-refractivity contribution < 1.29 is 0 Å². The first-order chi connectivity index (χ1) is 29.5. The number of benzene rings is 7. The van der Waals surface area contributed by atoms with E-state index in [9.17, 15) is 0 Å². The van der Waals surface area contributed by atoms with Crippen molar-refractivity contribution in [3.63, 3.8) is 0 Å². The molecule has 0 saturated carbocycles. The molecule has 0 aliphatic rings. The summed E-state index contributed by atoms with van der Waals surface area (Å²) in [6.45, 7) is 12.6. The third-order valence-electron chi connectivity index (χ3n) is 11.3. The van der Waals surface area contributed by atoms with Crippen molar-refractivity contribution in [2.75, 3.05) is 0 Å². The monoisotopic (exact) mass is 804 g/mol. The van der Waals surface area contributed by atoms with Gasteiger partial charge in [0.25, 0.3) is 0 Å². The Morgan fingerprint density at radius 1 is 0.607 bits per heavy atom. The van der Waals surface area contributed by atoms with E-state index >= 15 is 0 Å². The molecule has 0 fully saturated rings. The molecule has 3 aromatic heterocycles. The molecule has 10 aromatic rings. The summed E-state index contributed by atoms with van der Waals surface area (Å²) in [6.07, 6.45) is 10.2. The summed E-state index contributed by atoms with van der Waals surface area (Å²) in [7, 11) is 0. The zero-order chi connectivity index (χ0) is 40.7. The number of nitrogens with zero attached hydrogens (tertiary/aromatic N) is 4. The summed E-state index contributed by atoms with van der Waals surface area (Å²) in [6, 6.07) is 53.5. The van der Waals surface area contributed by atoms with Gasteiger partial charge in [-0.15, -0.1) is 11.3 Å². The molecule has 294 valence electrons. The van der Waals surface area contributed by atoms with Gasteiger partial charge in [0, 0.05) is 42.4 Å². The molecule has 0 aliphatic heterocycles. The lowest BCUT2D eigenvalue weighted by molar-refractivity contribution is 0.922. The summed E-state index contributed by atoms with van der Waals surface area (Å²) in [4.78, 5) is 17.2. The van der Waals surface area contributed by atoms with Crippen molar-refractivity contribution in [1.29, 1.82) is 0 Å². The topological polar surface area (TPSA) is 43.6 Å². The Morgan fingerprint density at radius 3 is 2.02 bits per heavy atom. The third kappa shape index (κ3) is 6.89. The maximum Gasteiger partial charge on any atom is 0.238 e. The lowest BCUT2D eigenvalue weighted by atomic mass is 9.96. The zero-order valence-corrected chi connectivity index (χ0v) is 34.2. The molecule has 7 aromatic carbocycles. The minimum atomic E-state index is 0. The number of hydrogen-bond donors (Lipinski definition) is 0. The molecular formula is C56H44N4S. The van der Waals surface area contributed by atoms with Crippen molar-refractivity contribution in [1.82, 2.24) is 19.5 Å². The van der Waals surface area contributed by atoms with Gasteiger partial charge in [0.05, 0.1) is 11.2 Å². The van der Waals surface area contributed by atoms with Crippen LogP contribution in [0.5, 0.6) is 0 Å². The van der Waals surface area contributed by atoms with E-state index in [-0.39, 0.29) is 7.43 Å². The number of aromatic nitrogens is 4. The molecule has 0 aliphatic carbocycles. The highest BCUT2D eigenvalue weighted by molar-refractivity contribution is 7.20. The van der Waals surface area contributed by atoms with Gasteiger partial charge in [0.2, 0.25) is 5.95 Å². The number of aryl methyl sites for hydroxylation is 1. The molecule has 5 heteroatoms. The van der Waals surface area contributed by atoms with Crippen molar-refractivity contribution in [3.8, 4) is 39.9 Å². The van der Waals surface area contributed by atoms with Crippen molar-refractivity contribution in [3.05, 3.63) is 210 Å². The molecule has 61 heavy (non-hydrogen) atoms. The second kappa shape index (κ2) is 16.3. The van der Waals surface area contributed by atoms with E-state index in [1.54, 1.807) is 11.3 Å². The van der Waals surface area contributed by atoms with Crippen LogP contribution in [0, 0.1) is 6.92 Å². The Bertz CT molecular complexity index is 3360. The lowest BCUT2D eigenvalue weighted by Crippen LogP contribution is -2.10. The predicted molar refractivity (Wildman–Crippen MR) is 263 cm³/mol. The highest BCUT2D eigenvalue weighted by atomic mass is 32.1. The molecular weight excluding hydrogens is 761 g/mol. The number of allylic oxidation sites excluding steroid dienone is 3. The smallest absolute Gasteiger partial charge is 0.238 e. The minimum Gasteiger partial charge on any atom is -0.277 e. The Morgan fingerprint density at radius 2 is 1.26 bits per heavy atom. The number of fused-ring (bicyclic) bond motifs is 5. The van der Waals surface area contributed by atoms with E-state index in [1.807, 2.05) is 18.2 Å². The Balaban J connectivity index is 0.00000476. The fourth-order valence-electron chi connectivity index (χ4n) is 8.44. The van der Waals surface area contributed by atoms with Gasteiger partial charge in [-0.3, -0.25) is 4.57 Å². The quantitative estimate of drug-likeness (QED) is 0.137. The fourth-order valence-corrected chi connectivity index (χ4v) is 9.47. The summed E-state index contributed by atoms with van der Waals surface area (Å²) >= 11 is 1.76. The molecule has 0 saturated heterocycles. The van der Waals surface area contributed by atoms with Gasteiger partial charge in [-0.2, -0.15) is 9.97 Å². The molecule has 4 nitrogen and oxygen atoms in total. The molecule has 0 bridgehead atoms. The van der Waals surface area contributed by atoms with Gasteiger partial charge < -0.3 is 0 Å². The first-order valence-electron chi connectivity index (χ1n) is 20.1. The summed E-state index contributed by atoms with van der Waals surface area (Å²) < 4.78 is 3.47. The van der Waals surface area contributed by atoms with Crippen LogP contribution in [0.4, 0.5) is 0 Å². The van der Waals surface area contributed by atoms with E-state index in [4.69, 9.17) is 15.0 Å². The molecule has 10 rings (SSSR count). The Kier molecular flexibility index (Phi) is 10.4. The van der Waals surface area contributed by atoms with Crippen LogP contribution in [-0.2, 0) is 0 Å². The third-order valence-corrected chi connectivity index (χ3v) is 12.5. The largest absolute Gasteiger partial charge is 0.277 e. The average molecular weight is 805 g/mol. The second-order valence-corrected chi connectivity index (χ2v) is 16.0. The van der Waals surface area contributed by atoms with Crippen molar-refractivity contribution >= 4 is 71.6 Å². The van der Waals surface area contributed by atoms with Crippen LogP contribution in [-0.4, -0.2) is 19.5 Å². The maximum atomic E-state index is 5.41. The van der Waals surface area contributed by atoms with Crippen molar-refractivity contribution in [2.45, 2.75) is 21.3 Å². The van der Waals surface area contributed by atoms with Gasteiger partial charge in [0.15, 0.2) is 11.6 Å². The number of rotatable bonds is 9. The fraction of sp³-hybridized carbons (Fsp3) is 0.0536. The predicted octanol–water partition coefficient (Wildman–Crippen LogP) is 15.6. The standard InChI is InChI=1S/C55H40N4S.CH4/c1-5-15-45(42-30-32-50-48(34-42)47(16-6-2)49(7-3)60-50)51-35(4)44-31-29-39-20-13-14-22-46(39)52(44)59(51)55-57-53(40-26-23-38(24-27-40)36-17-9-8-10-18-36)56-54(58-55)43-28-25-37-19-11-12-21-41(37)33-43;/h5-34H,1,3H2,2,4H3;1H4/b16-6-,45-15-;. The molecule has 0 N–H and O–H groups in total. The van der Waals surface area contributed by atoms with E-state index in [0.717, 1.165) is 82.0 Å². The molecule has 0 radical (unpaired) electrons. The van der Waals surface area contributed by atoms with Gasteiger partial charge in [-0.05, 0) is 76.0 Å². The normalized spacial score (nSPS) is 11.8. The highest BCUT2D eigenvalue weighted by Gasteiger charge is 2.25. The first kappa shape index (κ1) is 39.0. The van der Waals surface area contributed by atoms with Crippen LogP contribution in [0.2, 0.25) is 0 Å². The number of thiophene rings is 1. The molecule has 0 atom stereocenters. The van der Waals surface area contributed by atoms with Gasteiger partial charge >= 0.3 is 0 Å². The zero-order valence-electron chi connectivity index (χ0n) is 33.4. The van der Waals surface area contributed by atoms with E-state index in [1.165, 1.54) is 15.6 Å². The Labute approximate surface area is 360 Å². The van der Waals surface area contributed by atoms with Crippen molar-refractivity contribution in [2.24, 2.45) is 0 Å². The van der Waals surface area contributed by atoms with E-state index < -0.39 is 0 Å². The number of hydrogen-bond acceptors (Lipinski definition) is 4. The van der Waals surface area contributed by atoms with Crippen LogP contribution in [0.1, 0.15) is 41.6 Å². The van der Waals surface area contributed by atoms with Crippen LogP contribution in [0.25, 0.3) is 100 Å². The first-order valence-corrected chi connectivity index (χ1v) is 20.9. The highest BCUT2D eigenvalue weighted by Crippen LogP contribution is 2.42. The summed E-state index contributed by atoms with van der Waals surface area (Å²) in [5, 5.41) is 6.84. The van der Waals surface area contributed by atoms with Crippen LogP contribution in [0.3, 0.4) is 0 Å². The van der Waals surface area contributed by atoms with Crippen LogP contribution < -0.4 is 0 Å². The minimum absolute atomic E-state index is 0. The van der Waals surface area contributed by atoms with E-state index in [0.29, 0.717) is 17.6 Å². The van der Waals surface area contributed by atoms with Gasteiger partial charge in [-0.1, -0.05) is 184 Å². The van der Waals surface area contributed by atoms with Gasteiger partial charge in [0.1, 0.15) is 0 Å². The molecule has 0 unspecified atom stereocenters. The lowest BCUT2D eigenvalue weighted by Gasteiger charge is -2.16. The summed E-state index contributed by atoms with van der Waals surface area (Å²) in [5.74, 6) is 1.73. The SMILES string of the molecule is C.C=C/C=C(/c1ccc2sc(C=C)c(/C=C\C)c2c1)c1c(C)c2ccc3ccccc3c2n1-c1nc(-c2ccc(-c3ccccc3)cc2)nc(-c2ccc3ccccc3c2)n1. The second-order valence-electron chi connectivity index (χ2n) is 14.9. The molecule has 0 spiro atoms. The maximum absolute atomic E-state index is 5.41. The average Bonchev–Trinajstić information content (AvgIpc) is 3.81. The van der Waals surface area contributed by atoms with Crippen LogP contribution >= 0.6 is 11.3 Å². The van der Waals surface area contributed by atoms with E-state index in [2.05, 4.69) is 195 Å². The molecule has 3 heterocycles. The summed E-state index contributed by atoms with van der Waals surface area (Å²) in [5.41, 5.74) is 10.5. The molecule has 0 amide bonds. The Hall–Kier alpha value is -7.47. The van der Waals surface area contributed by atoms with Crippen LogP contribution in [0.15, 0.2) is 183 Å².